The van der Waals surface area contributed by atoms with Crippen LogP contribution in [0, 0.1) is 0 Å². The van der Waals surface area contributed by atoms with Crippen LogP contribution in [0.4, 0.5) is 16.3 Å². The molecular weight excluding hydrogens is 514 g/mol. The Kier molecular flexibility index (Phi) is 6.95. The molecule has 0 unspecified atom stereocenters. The lowest BCUT2D eigenvalue weighted by molar-refractivity contribution is 0.101. The van der Waals surface area contributed by atoms with Gasteiger partial charge in [-0.3, -0.25) is 4.79 Å². The smallest absolute Gasteiger partial charge is 0.407 e. The highest BCUT2D eigenvalue weighted by molar-refractivity contribution is 7.18. The van der Waals surface area contributed by atoms with Gasteiger partial charge in [-0.05, 0) is 35.2 Å². The predicted octanol–water partition coefficient (Wildman–Crippen LogP) is 5.92. The molecule has 198 valence electrons. The number of ether oxygens (including phenoxy) is 1. The molecular formula is C29H27N5O4S. The van der Waals surface area contributed by atoms with Crippen LogP contribution in [0.15, 0.2) is 66.2 Å². The molecule has 0 aliphatic rings. The number of amides is 2. The predicted molar refractivity (Wildman–Crippen MR) is 157 cm³/mol. The van der Waals surface area contributed by atoms with Crippen LogP contribution in [0.1, 0.15) is 16.1 Å². The van der Waals surface area contributed by atoms with Gasteiger partial charge in [-0.2, -0.15) is 0 Å². The number of para-hydroxylation sites is 1. The van der Waals surface area contributed by atoms with E-state index >= 15 is 0 Å². The van der Waals surface area contributed by atoms with Crippen LogP contribution >= 0.6 is 11.3 Å². The topological polar surface area (TPSA) is 123 Å². The number of hydrogen-bond donors (Lipinski definition) is 3. The number of hydrogen-bond acceptors (Lipinski definition) is 6. The summed E-state index contributed by atoms with van der Waals surface area (Å²) in [6.45, 7) is 0.253. The Bertz CT molecular complexity index is 1750. The largest absolute Gasteiger partial charge is 0.495 e. The molecule has 0 aliphatic carbocycles. The van der Waals surface area contributed by atoms with Gasteiger partial charge in [-0.15, -0.1) is 11.3 Å². The molecule has 4 N–H and O–H groups in total. The zero-order valence-corrected chi connectivity index (χ0v) is 22.5. The van der Waals surface area contributed by atoms with Gasteiger partial charge >= 0.3 is 6.09 Å². The molecule has 9 nitrogen and oxygen atoms in total. The van der Waals surface area contributed by atoms with Crippen molar-refractivity contribution >= 4 is 61.9 Å². The van der Waals surface area contributed by atoms with Crippen LogP contribution < -0.4 is 15.8 Å². The number of fused-ring (bicyclic) bond motifs is 2. The van der Waals surface area contributed by atoms with Gasteiger partial charge in [0.2, 0.25) is 0 Å². The Morgan fingerprint density at radius 3 is 2.77 bits per heavy atom. The second-order valence-electron chi connectivity index (χ2n) is 9.03. The minimum atomic E-state index is -0.996. The van der Waals surface area contributed by atoms with Gasteiger partial charge in [0.05, 0.1) is 12.8 Å². The van der Waals surface area contributed by atoms with Crippen molar-refractivity contribution in [2.24, 2.45) is 7.05 Å². The first-order chi connectivity index (χ1) is 18.8. The summed E-state index contributed by atoms with van der Waals surface area (Å²) < 4.78 is 8.45. The lowest BCUT2D eigenvalue weighted by Gasteiger charge is -2.13. The maximum atomic E-state index is 13.2. The normalized spacial score (nSPS) is 11.4. The van der Waals surface area contributed by atoms with Crippen LogP contribution in [0.5, 0.6) is 5.75 Å². The van der Waals surface area contributed by atoms with Gasteiger partial charge < -0.3 is 30.4 Å². The highest BCUT2D eigenvalue weighted by atomic mass is 32.1. The molecule has 0 atom stereocenters. The Balaban J connectivity index is 1.45. The SMILES string of the molecule is COc1cc(-c2csc3c(/C=C/CN(C)C(=O)O)cnc(N)c23)ccc1NC(=O)c1cc2ccccc2n1C. The van der Waals surface area contributed by atoms with E-state index in [1.807, 2.05) is 71.6 Å². The molecule has 0 spiro atoms. The van der Waals surface area contributed by atoms with Gasteiger partial charge in [0.25, 0.3) is 5.91 Å². The number of methoxy groups -OCH3 is 1. The molecule has 2 amide bonds. The Morgan fingerprint density at radius 2 is 2.03 bits per heavy atom. The summed E-state index contributed by atoms with van der Waals surface area (Å²) in [5.41, 5.74) is 11.0. The lowest BCUT2D eigenvalue weighted by Crippen LogP contribution is -2.24. The second-order valence-corrected chi connectivity index (χ2v) is 9.91. The van der Waals surface area contributed by atoms with Crippen molar-refractivity contribution in [3.8, 4) is 16.9 Å². The van der Waals surface area contributed by atoms with Gasteiger partial charge in [-0.1, -0.05) is 36.4 Å². The van der Waals surface area contributed by atoms with Gasteiger partial charge in [0.15, 0.2) is 0 Å². The number of likely N-dealkylation sites (N-methyl/N-ethyl adjacent to an activating group) is 1. The summed E-state index contributed by atoms with van der Waals surface area (Å²) in [6.07, 6.45) is 4.31. The number of carbonyl (C=O) groups is 2. The summed E-state index contributed by atoms with van der Waals surface area (Å²) in [5.74, 6) is 0.672. The van der Waals surface area contributed by atoms with E-state index in [2.05, 4.69) is 10.3 Å². The molecule has 5 aromatic rings. The molecule has 0 saturated heterocycles. The number of benzene rings is 2. The fourth-order valence-electron chi connectivity index (χ4n) is 4.49. The van der Waals surface area contributed by atoms with Gasteiger partial charge in [0, 0.05) is 59.0 Å². The van der Waals surface area contributed by atoms with Crippen molar-refractivity contribution in [2.75, 3.05) is 31.8 Å². The molecule has 0 radical (unpaired) electrons. The highest BCUT2D eigenvalue weighted by Gasteiger charge is 2.18. The fraction of sp³-hybridized carbons (Fsp3) is 0.138. The minimum absolute atomic E-state index is 0.237. The van der Waals surface area contributed by atoms with Crippen LogP contribution in [-0.4, -0.2) is 52.3 Å². The first-order valence-electron chi connectivity index (χ1n) is 12.1. The third-order valence-electron chi connectivity index (χ3n) is 6.60. The van der Waals surface area contributed by atoms with Crippen LogP contribution in [-0.2, 0) is 7.05 Å². The Morgan fingerprint density at radius 1 is 1.23 bits per heavy atom. The summed E-state index contributed by atoms with van der Waals surface area (Å²) in [5, 5.41) is 15.8. The highest BCUT2D eigenvalue weighted by Crippen LogP contribution is 2.41. The maximum Gasteiger partial charge on any atom is 0.407 e. The standard InChI is InChI=1S/C29H27N5O4S/c1-33(29(36)37)12-6-8-19-15-31-27(30)25-20(16-39-26(19)25)17-10-11-21(24(14-17)38-3)32-28(35)23-13-18-7-4-5-9-22(18)34(23)2/h4-11,13-16H,12H2,1-3H3,(H2,30,31)(H,32,35)(H,36,37)/b8-6+. The Hall–Kier alpha value is -4.83. The second kappa shape index (κ2) is 10.5. The number of thiophene rings is 1. The number of carbonyl (C=O) groups excluding carboxylic acids is 1. The number of nitrogens with zero attached hydrogens (tertiary/aromatic N) is 3. The van der Waals surface area contributed by atoms with E-state index in [1.54, 1.807) is 19.4 Å². The molecule has 3 aromatic heterocycles. The van der Waals surface area contributed by atoms with E-state index in [0.29, 0.717) is 22.9 Å². The molecule has 0 fully saturated rings. The molecule has 39 heavy (non-hydrogen) atoms. The summed E-state index contributed by atoms with van der Waals surface area (Å²) >= 11 is 1.53. The molecule has 0 bridgehead atoms. The molecule has 0 saturated carbocycles. The first-order valence-corrected chi connectivity index (χ1v) is 13.0. The minimum Gasteiger partial charge on any atom is -0.495 e. The summed E-state index contributed by atoms with van der Waals surface area (Å²) in [7, 11) is 4.93. The molecule has 2 aromatic carbocycles. The van der Waals surface area contributed by atoms with Crippen LogP contribution in [0.25, 0.3) is 38.2 Å². The van der Waals surface area contributed by atoms with Crippen LogP contribution in [0.3, 0.4) is 0 Å². The summed E-state index contributed by atoms with van der Waals surface area (Å²) in [6, 6.07) is 15.3. The number of aromatic nitrogens is 2. The molecule has 0 aliphatic heterocycles. The van der Waals surface area contributed by atoms with Gasteiger partial charge in [-0.25, -0.2) is 9.78 Å². The fourth-order valence-corrected chi connectivity index (χ4v) is 5.57. The van der Waals surface area contributed by atoms with Crippen LogP contribution in [0.2, 0.25) is 0 Å². The number of aryl methyl sites for hydroxylation is 1. The van der Waals surface area contributed by atoms with E-state index in [-0.39, 0.29) is 12.5 Å². The maximum absolute atomic E-state index is 13.2. The Labute approximate surface area is 228 Å². The molecule has 5 rings (SSSR count). The number of nitrogens with two attached hydrogens (primary N) is 1. The average molecular weight is 542 g/mol. The van der Waals surface area contributed by atoms with E-state index in [9.17, 15) is 9.59 Å². The third kappa shape index (κ3) is 4.89. The zero-order chi connectivity index (χ0) is 27.7. The summed E-state index contributed by atoms with van der Waals surface area (Å²) in [4.78, 5) is 29.8. The van der Waals surface area contributed by atoms with Crippen molar-refractivity contribution in [3.05, 3.63) is 77.4 Å². The van der Waals surface area contributed by atoms with Crippen molar-refractivity contribution < 1.29 is 19.4 Å². The number of pyridine rings is 1. The van der Waals surface area contributed by atoms with Crippen molar-refractivity contribution in [1.29, 1.82) is 0 Å². The van der Waals surface area contributed by atoms with Crippen molar-refractivity contribution in [3.63, 3.8) is 0 Å². The molecule has 3 heterocycles. The quantitative estimate of drug-likeness (QED) is 0.235. The number of anilines is 2. The first kappa shape index (κ1) is 25.8. The number of nitrogen functional groups attached to an aromatic ring is 1. The van der Waals surface area contributed by atoms with Crippen molar-refractivity contribution in [2.45, 2.75) is 0 Å². The number of rotatable bonds is 7. The average Bonchev–Trinajstić information content (AvgIpc) is 3.53. The number of carboxylic acid groups (broad SMARTS) is 1. The third-order valence-corrected chi connectivity index (χ3v) is 7.63. The van der Waals surface area contributed by atoms with E-state index in [1.165, 1.54) is 23.3 Å². The number of nitrogens with one attached hydrogen (secondary N) is 1. The van der Waals surface area contributed by atoms with E-state index in [4.69, 9.17) is 15.6 Å². The lowest BCUT2D eigenvalue weighted by atomic mass is 10.0. The van der Waals surface area contributed by atoms with Gasteiger partial charge in [0.1, 0.15) is 17.3 Å². The van der Waals surface area contributed by atoms with Crippen molar-refractivity contribution in [1.82, 2.24) is 14.5 Å². The monoisotopic (exact) mass is 541 g/mol. The van der Waals surface area contributed by atoms with E-state index in [0.717, 1.165) is 37.7 Å². The molecule has 10 heteroatoms. The van der Waals surface area contributed by atoms with E-state index < -0.39 is 6.09 Å². The zero-order valence-electron chi connectivity index (χ0n) is 21.6.